The Labute approximate surface area is 107 Å². The monoisotopic (exact) mass is 273 g/mol. The van der Waals surface area contributed by atoms with Crippen LogP contribution in [-0.2, 0) is 16.6 Å². The molecule has 2 rings (SSSR count). The van der Waals surface area contributed by atoms with Gasteiger partial charge in [0, 0.05) is 6.04 Å². The summed E-state index contributed by atoms with van der Waals surface area (Å²) in [4.78, 5) is 3.86. The fraction of sp³-hybridized carbons (Fsp3) is 0.800. The first-order valence-electron chi connectivity index (χ1n) is 6.21. The number of H-pyrrole nitrogens is 1. The van der Waals surface area contributed by atoms with Crippen molar-refractivity contribution in [2.45, 2.75) is 38.3 Å². The second-order valence-corrected chi connectivity index (χ2v) is 6.43. The van der Waals surface area contributed by atoms with Crippen molar-refractivity contribution < 1.29 is 8.42 Å². The SMILES string of the molecule is O=S(=O)(CCC1CCCCN1)NCc1ncn[nH]1. The fourth-order valence-electron chi connectivity index (χ4n) is 2.03. The van der Waals surface area contributed by atoms with E-state index in [2.05, 4.69) is 25.2 Å². The Morgan fingerprint density at radius 1 is 1.44 bits per heavy atom. The molecule has 8 heteroatoms. The summed E-state index contributed by atoms with van der Waals surface area (Å²) in [5.41, 5.74) is 0. The van der Waals surface area contributed by atoms with Crippen molar-refractivity contribution in [1.29, 1.82) is 0 Å². The van der Waals surface area contributed by atoms with E-state index in [-0.39, 0.29) is 12.3 Å². The van der Waals surface area contributed by atoms with Crippen molar-refractivity contribution in [2.75, 3.05) is 12.3 Å². The summed E-state index contributed by atoms with van der Waals surface area (Å²) in [6, 6.07) is 0.334. The highest BCUT2D eigenvalue weighted by molar-refractivity contribution is 7.89. The van der Waals surface area contributed by atoms with Gasteiger partial charge in [-0.2, -0.15) is 5.10 Å². The smallest absolute Gasteiger partial charge is 0.212 e. The first kappa shape index (κ1) is 13.4. The number of hydrogen-bond acceptors (Lipinski definition) is 5. The predicted molar refractivity (Wildman–Crippen MR) is 67.3 cm³/mol. The molecule has 18 heavy (non-hydrogen) atoms. The van der Waals surface area contributed by atoms with Gasteiger partial charge in [-0.15, -0.1) is 0 Å². The van der Waals surface area contributed by atoms with Crippen LogP contribution in [0.3, 0.4) is 0 Å². The quantitative estimate of drug-likeness (QED) is 0.664. The molecule has 0 aromatic carbocycles. The molecule has 0 radical (unpaired) electrons. The van der Waals surface area contributed by atoms with Gasteiger partial charge in [-0.05, 0) is 25.8 Å². The molecule has 2 heterocycles. The Kier molecular flexibility index (Phi) is 4.67. The average molecular weight is 273 g/mol. The van der Waals surface area contributed by atoms with Crippen LogP contribution >= 0.6 is 0 Å². The first-order chi connectivity index (χ1) is 8.66. The molecule has 0 bridgehead atoms. The summed E-state index contributed by atoms with van der Waals surface area (Å²) < 4.78 is 26.0. The lowest BCUT2D eigenvalue weighted by molar-refractivity contribution is 0.392. The van der Waals surface area contributed by atoms with Crippen LogP contribution in [0, 0.1) is 0 Å². The molecule has 1 aliphatic heterocycles. The third-order valence-electron chi connectivity index (χ3n) is 3.07. The highest BCUT2D eigenvalue weighted by atomic mass is 32.2. The molecule has 0 aliphatic carbocycles. The summed E-state index contributed by atoms with van der Waals surface area (Å²) in [6.45, 7) is 1.16. The van der Waals surface area contributed by atoms with Gasteiger partial charge in [0.25, 0.3) is 0 Å². The summed E-state index contributed by atoms with van der Waals surface area (Å²) in [5, 5.41) is 9.62. The van der Waals surface area contributed by atoms with Crippen LogP contribution in [0.4, 0.5) is 0 Å². The molecule has 1 aromatic rings. The van der Waals surface area contributed by atoms with Crippen molar-refractivity contribution in [3.8, 4) is 0 Å². The van der Waals surface area contributed by atoms with Crippen LogP contribution in [0.5, 0.6) is 0 Å². The molecule has 1 unspecified atom stereocenters. The number of aromatic nitrogens is 3. The van der Waals surface area contributed by atoms with Gasteiger partial charge >= 0.3 is 0 Å². The molecule has 7 nitrogen and oxygen atoms in total. The molecule has 1 aromatic heterocycles. The van der Waals surface area contributed by atoms with Crippen molar-refractivity contribution in [3.05, 3.63) is 12.2 Å². The molecule has 1 atom stereocenters. The van der Waals surface area contributed by atoms with Crippen LogP contribution in [0.15, 0.2) is 6.33 Å². The van der Waals surface area contributed by atoms with Gasteiger partial charge in [0.15, 0.2) is 0 Å². The van der Waals surface area contributed by atoms with E-state index in [0.29, 0.717) is 18.3 Å². The van der Waals surface area contributed by atoms with E-state index in [1.54, 1.807) is 0 Å². The summed E-state index contributed by atoms with van der Waals surface area (Å²) in [7, 11) is -3.23. The van der Waals surface area contributed by atoms with E-state index < -0.39 is 10.0 Å². The minimum atomic E-state index is -3.23. The molecular formula is C10H19N5O2S. The van der Waals surface area contributed by atoms with E-state index in [4.69, 9.17) is 0 Å². The summed E-state index contributed by atoms with van der Waals surface area (Å²) >= 11 is 0. The zero-order valence-corrected chi connectivity index (χ0v) is 11.0. The Morgan fingerprint density at radius 2 is 2.33 bits per heavy atom. The zero-order chi connectivity index (χ0) is 12.8. The van der Waals surface area contributed by atoms with Gasteiger partial charge in [0.05, 0.1) is 12.3 Å². The highest BCUT2D eigenvalue weighted by Crippen LogP contribution is 2.10. The lowest BCUT2D eigenvalue weighted by atomic mass is 10.0. The number of aromatic amines is 1. The van der Waals surface area contributed by atoms with Crippen LogP contribution in [0.1, 0.15) is 31.5 Å². The summed E-state index contributed by atoms with van der Waals surface area (Å²) in [5.74, 6) is 0.674. The van der Waals surface area contributed by atoms with Crippen molar-refractivity contribution in [2.24, 2.45) is 0 Å². The maximum Gasteiger partial charge on any atom is 0.212 e. The Morgan fingerprint density at radius 3 is 3.00 bits per heavy atom. The van der Waals surface area contributed by atoms with Crippen LogP contribution in [-0.4, -0.2) is 41.9 Å². The number of hydrogen-bond donors (Lipinski definition) is 3. The lowest BCUT2D eigenvalue weighted by Gasteiger charge is -2.23. The second-order valence-electron chi connectivity index (χ2n) is 4.51. The maximum absolute atomic E-state index is 11.8. The third-order valence-corrected chi connectivity index (χ3v) is 4.43. The number of piperidine rings is 1. The topological polar surface area (TPSA) is 99.8 Å². The van der Waals surface area contributed by atoms with Crippen LogP contribution in [0.2, 0.25) is 0 Å². The summed E-state index contributed by atoms with van der Waals surface area (Å²) in [6.07, 6.45) is 5.45. The minimum Gasteiger partial charge on any atom is -0.314 e. The number of sulfonamides is 1. The zero-order valence-electron chi connectivity index (χ0n) is 10.2. The number of rotatable bonds is 6. The molecule has 1 fully saturated rings. The van der Waals surface area contributed by atoms with Gasteiger partial charge in [0.1, 0.15) is 12.2 Å². The standard InChI is InChI=1S/C10H19N5O2S/c16-18(17,14-7-10-12-8-13-15-10)6-4-9-3-1-2-5-11-9/h8-9,11,14H,1-7H2,(H,12,13,15). The molecule has 0 spiro atoms. The molecule has 0 saturated carbocycles. The van der Waals surface area contributed by atoms with E-state index in [9.17, 15) is 8.42 Å². The van der Waals surface area contributed by atoms with E-state index in [1.807, 2.05) is 0 Å². The van der Waals surface area contributed by atoms with Gasteiger partial charge in [-0.1, -0.05) is 6.42 Å². The molecule has 0 amide bonds. The number of nitrogens with zero attached hydrogens (tertiary/aromatic N) is 2. The molecule has 1 saturated heterocycles. The van der Waals surface area contributed by atoms with Gasteiger partial charge in [-0.3, -0.25) is 5.10 Å². The minimum absolute atomic E-state index is 0.152. The van der Waals surface area contributed by atoms with E-state index >= 15 is 0 Å². The van der Waals surface area contributed by atoms with E-state index in [0.717, 1.165) is 13.0 Å². The largest absolute Gasteiger partial charge is 0.314 e. The lowest BCUT2D eigenvalue weighted by Crippen LogP contribution is -2.37. The predicted octanol–water partition coefficient (Wildman–Crippen LogP) is -0.244. The van der Waals surface area contributed by atoms with Crippen LogP contribution < -0.4 is 10.0 Å². The highest BCUT2D eigenvalue weighted by Gasteiger charge is 2.17. The molecule has 102 valence electrons. The normalized spacial score (nSPS) is 21.0. The van der Waals surface area contributed by atoms with Crippen molar-refractivity contribution in [1.82, 2.24) is 25.2 Å². The molecular weight excluding hydrogens is 254 g/mol. The van der Waals surface area contributed by atoms with E-state index in [1.165, 1.54) is 19.2 Å². The van der Waals surface area contributed by atoms with Gasteiger partial charge in [0.2, 0.25) is 10.0 Å². The van der Waals surface area contributed by atoms with Gasteiger partial charge in [-0.25, -0.2) is 18.1 Å². The second kappa shape index (κ2) is 6.26. The number of nitrogens with one attached hydrogen (secondary N) is 3. The third kappa shape index (κ3) is 4.35. The fourth-order valence-corrected chi connectivity index (χ4v) is 3.13. The molecule has 3 N–H and O–H groups in total. The first-order valence-corrected chi connectivity index (χ1v) is 7.86. The van der Waals surface area contributed by atoms with Gasteiger partial charge < -0.3 is 5.32 Å². The average Bonchev–Trinajstić information content (AvgIpc) is 2.89. The Balaban J connectivity index is 1.73. The van der Waals surface area contributed by atoms with Crippen LogP contribution in [0.25, 0.3) is 0 Å². The maximum atomic E-state index is 11.8. The van der Waals surface area contributed by atoms with Crippen molar-refractivity contribution in [3.63, 3.8) is 0 Å². The van der Waals surface area contributed by atoms with Crippen molar-refractivity contribution >= 4 is 10.0 Å². The Bertz CT molecular complexity index is 439. The Hall–Kier alpha value is -0.990. The molecule has 1 aliphatic rings.